The molecule has 0 unspecified atom stereocenters. The van der Waals surface area contributed by atoms with Gasteiger partial charge in [-0.05, 0) is 96.6 Å². The zero-order valence-electron chi connectivity index (χ0n) is 37.2. The van der Waals surface area contributed by atoms with Crippen LogP contribution >= 0.6 is 0 Å². The molecule has 4 rings (SSSR count). The van der Waals surface area contributed by atoms with Gasteiger partial charge in [-0.1, -0.05) is 30.3 Å². The molecule has 3 atom stereocenters. The molecule has 5 amide bonds. The molecule has 0 radical (unpaired) electrons. The molecular weight excluding hydrogens is 841 g/mol. The third kappa shape index (κ3) is 13.8. The largest absolute Gasteiger partial charge is 0.496 e. The third-order valence-corrected chi connectivity index (χ3v) is 11.8. The van der Waals surface area contributed by atoms with Gasteiger partial charge in [0.2, 0.25) is 29.6 Å². The number of carbonyl (C=O) groups excluding carboxylic acids is 6. The van der Waals surface area contributed by atoms with E-state index in [1.54, 1.807) is 91.8 Å². The standard InChI is InChI=1S/C42H60N8O12S/c1-24-18-31(59-9)25(2)26(3)34(24)63(57,58)50-39(43)44-17-13-16-28-37(55)49-42(22-60-41(7,8)61-23-42)38(56)48-29(19-27-14-11-10-12-15-27)36(54)47-30(20-33(52)62-40(4,5)6)35(53)45-21-32(51)46-28/h10-12,14-15,18,28-30H,13,16-17,19-23H2,1-9H3,(H,45,53)(H,46,51)(H,47,54)(H,48,56)(H,49,55)(H3,43,44,50)/t28-,29+,30-/m0/s1. The van der Waals surface area contributed by atoms with Gasteiger partial charge in [0.05, 0.1) is 38.2 Å². The molecule has 2 heterocycles. The molecule has 2 saturated heterocycles. The van der Waals surface area contributed by atoms with Crippen LogP contribution in [0.2, 0.25) is 0 Å². The number of methoxy groups -OCH3 is 1. The molecule has 0 aromatic heterocycles. The molecule has 8 N–H and O–H groups in total. The van der Waals surface area contributed by atoms with E-state index in [1.807, 2.05) is 0 Å². The van der Waals surface area contributed by atoms with E-state index in [-0.39, 0.29) is 30.7 Å². The minimum Gasteiger partial charge on any atom is -0.496 e. The second kappa shape index (κ2) is 20.6. The molecule has 2 aromatic carbocycles. The average molecular weight is 901 g/mol. The van der Waals surface area contributed by atoms with Crippen molar-refractivity contribution in [3.8, 4) is 5.75 Å². The van der Waals surface area contributed by atoms with Gasteiger partial charge in [-0.3, -0.25) is 34.2 Å². The fraction of sp³-hybridized carbons (Fsp3) is 0.548. The Bertz CT molecular complexity index is 2170. The van der Waals surface area contributed by atoms with E-state index in [4.69, 9.17) is 24.4 Å². The predicted octanol–water partition coefficient (Wildman–Crippen LogP) is 0.400. The number of aryl methyl sites for hydroxylation is 1. The number of ether oxygens (including phenoxy) is 4. The molecule has 21 heteroatoms. The van der Waals surface area contributed by atoms with Gasteiger partial charge in [0.25, 0.3) is 15.9 Å². The second-order valence-electron chi connectivity index (χ2n) is 17.0. The molecular formula is C42H60N8O12S. The van der Waals surface area contributed by atoms with Crippen molar-refractivity contribution in [3.63, 3.8) is 0 Å². The summed E-state index contributed by atoms with van der Waals surface area (Å²) in [6.07, 6.45) is -0.736. The van der Waals surface area contributed by atoms with Gasteiger partial charge in [0.15, 0.2) is 11.3 Å². The summed E-state index contributed by atoms with van der Waals surface area (Å²) in [7, 11) is -2.73. The maximum Gasteiger partial charge on any atom is 0.308 e. The van der Waals surface area contributed by atoms with E-state index in [0.717, 1.165) is 0 Å². The summed E-state index contributed by atoms with van der Waals surface area (Å²) in [5.41, 5.74) is -0.759. The van der Waals surface area contributed by atoms with Crippen LogP contribution in [0.3, 0.4) is 0 Å². The molecule has 2 fully saturated rings. The van der Waals surface area contributed by atoms with Crippen LogP contribution in [-0.2, 0) is 59.4 Å². The number of esters is 1. The van der Waals surface area contributed by atoms with Crippen LogP contribution < -0.4 is 41.4 Å². The highest BCUT2D eigenvalue weighted by atomic mass is 32.2. The molecule has 2 aromatic rings. The van der Waals surface area contributed by atoms with E-state index in [9.17, 15) is 37.2 Å². The van der Waals surface area contributed by atoms with E-state index >= 15 is 0 Å². The van der Waals surface area contributed by atoms with Crippen LogP contribution in [0.4, 0.5) is 0 Å². The first-order valence-corrected chi connectivity index (χ1v) is 21.9. The van der Waals surface area contributed by atoms with E-state index in [0.29, 0.717) is 28.0 Å². The van der Waals surface area contributed by atoms with Crippen LogP contribution in [0.1, 0.15) is 76.1 Å². The van der Waals surface area contributed by atoms with Crippen molar-refractivity contribution in [2.24, 2.45) is 0 Å². The van der Waals surface area contributed by atoms with Crippen molar-refractivity contribution < 1.29 is 56.1 Å². The number of benzene rings is 2. The highest BCUT2D eigenvalue weighted by molar-refractivity contribution is 7.90. The predicted molar refractivity (Wildman–Crippen MR) is 229 cm³/mol. The van der Waals surface area contributed by atoms with E-state index < -0.39 is 113 Å². The topological polar surface area (TPSA) is 282 Å². The summed E-state index contributed by atoms with van der Waals surface area (Å²) in [4.78, 5) is 82.5. The minimum absolute atomic E-state index is 0.00558. The van der Waals surface area contributed by atoms with Gasteiger partial charge in [-0.2, -0.15) is 0 Å². The molecule has 63 heavy (non-hydrogen) atoms. The van der Waals surface area contributed by atoms with Crippen LogP contribution in [0.25, 0.3) is 0 Å². The van der Waals surface area contributed by atoms with Gasteiger partial charge >= 0.3 is 5.97 Å². The van der Waals surface area contributed by atoms with Gasteiger partial charge in [0.1, 0.15) is 29.5 Å². The maximum atomic E-state index is 14.4. The molecule has 2 aliphatic heterocycles. The lowest BCUT2D eigenvalue weighted by Crippen LogP contribution is -2.71. The van der Waals surface area contributed by atoms with Gasteiger partial charge < -0.3 is 50.8 Å². The zero-order valence-corrected chi connectivity index (χ0v) is 38.0. The Balaban J connectivity index is 1.60. The second-order valence-corrected chi connectivity index (χ2v) is 18.6. The first kappa shape index (κ1) is 49.9. The molecule has 1 spiro atoms. The zero-order chi connectivity index (χ0) is 46.9. The Kier molecular flexibility index (Phi) is 16.3. The Morgan fingerprint density at radius 2 is 1.56 bits per heavy atom. The fourth-order valence-electron chi connectivity index (χ4n) is 6.84. The number of nitrogens with one attached hydrogen (secondary N) is 8. The van der Waals surface area contributed by atoms with Crippen molar-refractivity contribution in [3.05, 3.63) is 58.7 Å². The molecule has 0 bridgehead atoms. The summed E-state index contributed by atoms with van der Waals surface area (Å²) < 4.78 is 51.5. The van der Waals surface area contributed by atoms with E-state index in [1.165, 1.54) is 7.11 Å². The lowest BCUT2D eigenvalue weighted by molar-refractivity contribution is -0.267. The summed E-state index contributed by atoms with van der Waals surface area (Å²) in [6.45, 7) is 11.5. The average Bonchev–Trinajstić information content (AvgIpc) is 3.18. The number of hydrogen-bond acceptors (Lipinski definition) is 13. The van der Waals surface area contributed by atoms with Crippen molar-refractivity contribution in [2.45, 2.75) is 121 Å². The van der Waals surface area contributed by atoms with Crippen LogP contribution in [-0.4, -0.2) is 118 Å². The normalized spacial score (nSPS) is 21.0. The Morgan fingerprint density at radius 3 is 2.17 bits per heavy atom. The minimum atomic E-state index is -4.21. The lowest BCUT2D eigenvalue weighted by atomic mass is 9.95. The van der Waals surface area contributed by atoms with Gasteiger partial charge in [-0.25, -0.2) is 13.1 Å². The summed E-state index contributed by atoms with van der Waals surface area (Å²) >= 11 is 0. The Hall–Kier alpha value is -5.80. The third-order valence-electron chi connectivity index (χ3n) is 10.2. The number of sulfonamides is 1. The number of carbonyl (C=O) groups is 6. The first-order valence-electron chi connectivity index (χ1n) is 20.4. The van der Waals surface area contributed by atoms with Crippen LogP contribution in [0, 0.1) is 26.2 Å². The summed E-state index contributed by atoms with van der Waals surface area (Å²) in [5.74, 6) is -6.36. The fourth-order valence-corrected chi connectivity index (χ4v) is 8.32. The van der Waals surface area contributed by atoms with Crippen molar-refractivity contribution in [1.29, 1.82) is 5.41 Å². The van der Waals surface area contributed by atoms with E-state index in [2.05, 4.69) is 36.6 Å². The monoisotopic (exact) mass is 900 g/mol. The number of rotatable bonds is 11. The number of hydrogen-bond donors (Lipinski definition) is 8. The molecule has 20 nitrogen and oxygen atoms in total. The van der Waals surface area contributed by atoms with Crippen LogP contribution in [0.15, 0.2) is 41.3 Å². The first-order chi connectivity index (χ1) is 29.3. The highest BCUT2D eigenvalue weighted by Crippen LogP contribution is 2.30. The number of amides is 5. The van der Waals surface area contributed by atoms with Crippen molar-refractivity contribution in [1.82, 2.24) is 36.6 Å². The highest BCUT2D eigenvalue weighted by Gasteiger charge is 2.49. The number of guanidine groups is 1. The van der Waals surface area contributed by atoms with Crippen molar-refractivity contribution in [2.75, 3.05) is 33.4 Å². The lowest BCUT2D eigenvalue weighted by Gasteiger charge is -2.43. The van der Waals surface area contributed by atoms with Crippen LogP contribution in [0.5, 0.6) is 5.75 Å². The molecule has 0 saturated carbocycles. The summed E-state index contributed by atoms with van der Waals surface area (Å²) in [5, 5.41) is 23.9. The Labute approximate surface area is 367 Å². The molecule has 0 aliphatic carbocycles. The maximum absolute atomic E-state index is 14.4. The summed E-state index contributed by atoms with van der Waals surface area (Å²) in [6, 6.07) is 6.00. The van der Waals surface area contributed by atoms with Gasteiger partial charge in [0, 0.05) is 13.0 Å². The smallest absolute Gasteiger partial charge is 0.308 e. The SMILES string of the molecule is COc1cc(C)c(S(=O)(=O)NC(=N)NCCC[C@@H]2NC(=O)CNC(=O)[C@H](CC(=O)OC(C)(C)C)NC(=O)[C@@H](Cc3ccccc3)NC(=O)C3(COC(C)(C)OC3)NC2=O)c(C)c1C. The Morgan fingerprint density at radius 1 is 0.905 bits per heavy atom. The van der Waals surface area contributed by atoms with Crippen molar-refractivity contribution >= 4 is 51.5 Å². The molecule has 2 aliphatic rings. The molecule has 346 valence electrons. The van der Waals surface area contributed by atoms with Gasteiger partial charge in [-0.15, -0.1) is 0 Å². The quantitative estimate of drug-likeness (QED) is 0.0657.